The summed E-state index contributed by atoms with van der Waals surface area (Å²) in [5.74, 6) is 0. The Morgan fingerprint density at radius 2 is 1.21 bits per heavy atom. The minimum atomic E-state index is -5.60. The van der Waals surface area contributed by atoms with E-state index in [9.17, 15) is 14.2 Å². The molecule has 0 bridgehead atoms. The molecule has 0 saturated heterocycles. The van der Waals surface area contributed by atoms with Crippen molar-refractivity contribution in [3.63, 3.8) is 0 Å². The van der Waals surface area contributed by atoms with Crippen LogP contribution in [-0.2, 0) is 9.13 Å². The van der Waals surface area contributed by atoms with Crippen molar-refractivity contribution in [2.45, 2.75) is 29.9 Å². The van der Waals surface area contributed by atoms with E-state index in [1.807, 2.05) is 0 Å². The van der Waals surface area contributed by atoms with E-state index < -0.39 is 45.4 Å². The second-order valence-corrected chi connectivity index (χ2v) is 8.36. The lowest BCUT2D eigenvalue weighted by Crippen LogP contribution is -2.49. The lowest BCUT2D eigenvalue weighted by atomic mass is 9.89. The molecule has 10 nitrogen and oxygen atoms in total. The van der Waals surface area contributed by atoms with Gasteiger partial charge in [-0.25, -0.2) is 0 Å². The second kappa shape index (κ2) is 6.28. The van der Waals surface area contributed by atoms with Gasteiger partial charge in [0.05, 0.1) is 0 Å². The Hall–Kier alpha value is 0.140. The molecule has 0 rings (SSSR count). The van der Waals surface area contributed by atoms with Gasteiger partial charge in [0.1, 0.15) is 0 Å². The number of aliphatic hydroxyl groups is 3. The third-order valence-electron chi connectivity index (χ3n) is 2.74. The average Bonchev–Trinajstić information content (AvgIpc) is 2.14. The van der Waals surface area contributed by atoms with Gasteiger partial charge >= 0.3 is 15.2 Å². The standard InChI is InChI=1S/C7H19NO9P2/c8-6(1-3-9,2-4-10)5-7(11,18(12,13)14)19(15,16)17/h9-11H,1-5,8H2,(H2,12,13,14)(H2,15,16,17). The highest BCUT2D eigenvalue weighted by molar-refractivity contribution is 7.72. The topological polar surface area (TPSA) is 202 Å². The zero-order valence-corrected chi connectivity index (χ0v) is 11.7. The molecule has 116 valence electrons. The molecule has 19 heavy (non-hydrogen) atoms. The predicted octanol–water partition coefficient (Wildman–Crippen LogP) is -2.16. The van der Waals surface area contributed by atoms with Crippen LogP contribution in [0.5, 0.6) is 0 Å². The molecule has 0 amide bonds. The van der Waals surface area contributed by atoms with Gasteiger partial charge in [0.2, 0.25) is 0 Å². The lowest BCUT2D eigenvalue weighted by molar-refractivity contribution is 0.0808. The average molecular weight is 323 g/mol. The molecule has 0 fully saturated rings. The number of hydrogen-bond acceptors (Lipinski definition) is 6. The Balaban J connectivity index is 5.57. The van der Waals surface area contributed by atoms with Crippen LogP contribution >= 0.6 is 15.2 Å². The molecule has 0 saturated carbocycles. The zero-order valence-electron chi connectivity index (χ0n) is 9.95. The van der Waals surface area contributed by atoms with Crippen molar-refractivity contribution >= 4 is 15.2 Å². The Labute approximate surface area is 109 Å². The van der Waals surface area contributed by atoms with E-state index in [4.69, 9.17) is 35.5 Å². The normalized spacial score (nSPS) is 14.7. The number of aliphatic hydroxyl groups excluding tert-OH is 2. The Kier molecular flexibility index (Phi) is 6.32. The Morgan fingerprint density at radius 1 is 0.895 bits per heavy atom. The van der Waals surface area contributed by atoms with Gasteiger partial charge in [-0.05, 0) is 12.8 Å². The van der Waals surface area contributed by atoms with Gasteiger partial charge in [-0.15, -0.1) is 0 Å². The van der Waals surface area contributed by atoms with Crippen molar-refractivity contribution < 1.29 is 44.0 Å². The minimum Gasteiger partial charge on any atom is -0.396 e. The Bertz CT molecular complexity index is 360. The van der Waals surface area contributed by atoms with Gasteiger partial charge < -0.3 is 40.6 Å². The van der Waals surface area contributed by atoms with Crippen LogP contribution in [-0.4, -0.2) is 58.7 Å². The predicted molar refractivity (Wildman–Crippen MR) is 64.0 cm³/mol. The summed E-state index contributed by atoms with van der Waals surface area (Å²) in [6.07, 6.45) is -1.79. The first kappa shape index (κ1) is 19.1. The first-order valence-electron chi connectivity index (χ1n) is 5.17. The molecular weight excluding hydrogens is 304 g/mol. The van der Waals surface area contributed by atoms with Gasteiger partial charge in [0.15, 0.2) is 0 Å². The fraction of sp³-hybridized carbons (Fsp3) is 1.00. The van der Waals surface area contributed by atoms with Crippen LogP contribution in [0, 0.1) is 0 Å². The van der Waals surface area contributed by atoms with Gasteiger partial charge in [0.25, 0.3) is 5.08 Å². The highest BCUT2D eigenvalue weighted by Gasteiger charge is 2.61. The first-order chi connectivity index (χ1) is 8.33. The van der Waals surface area contributed by atoms with E-state index >= 15 is 0 Å². The number of rotatable bonds is 8. The van der Waals surface area contributed by atoms with E-state index in [0.717, 1.165) is 0 Å². The van der Waals surface area contributed by atoms with Crippen molar-refractivity contribution in [3.8, 4) is 0 Å². The molecule has 0 unspecified atom stereocenters. The molecule has 0 radical (unpaired) electrons. The van der Waals surface area contributed by atoms with Crippen LogP contribution in [0.4, 0.5) is 0 Å². The number of nitrogens with two attached hydrogens (primary N) is 1. The van der Waals surface area contributed by atoms with E-state index in [1.165, 1.54) is 0 Å². The molecular formula is C7H19NO9P2. The van der Waals surface area contributed by atoms with Crippen LogP contribution in [0.15, 0.2) is 0 Å². The van der Waals surface area contributed by atoms with Crippen molar-refractivity contribution in [2.24, 2.45) is 5.73 Å². The Morgan fingerprint density at radius 3 is 1.42 bits per heavy atom. The van der Waals surface area contributed by atoms with Gasteiger partial charge in [-0.1, -0.05) is 0 Å². The van der Waals surface area contributed by atoms with Crippen LogP contribution in [0.1, 0.15) is 19.3 Å². The highest BCUT2D eigenvalue weighted by atomic mass is 31.2. The van der Waals surface area contributed by atoms with E-state index in [1.54, 1.807) is 0 Å². The summed E-state index contributed by atoms with van der Waals surface area (Å²) < 4.78 is 22.3. The van der Waals surface area contributed by atoms with E-state index in [2.05, 4.69) is 0 Å². The number of hydrogen-bond donors (Lipinski definition) is 8. The van der Waals surface area contributed by atoms with Crippen molar-refractivity contribution in [3.05, 3.63) is 0 Å². The molecule has 0 spiro atoms. The fourth-order valence-electron chi connectivity index (χ4n) is 1.60. The molecule has 0 aromatic rings. The molecule has 0 aliphatic rings. The van der Waals surface area contributed by atoms with Crippen LogP contribution < -0.4 is 5.73 Å². The summed E-state index contributed by atoms with van der Waals surface area (Å²) in [4.78, 5) is 35.8. The molecule has 12 heteroatoms. The summed E-state index contributed by atoms with van der Waals surface area (Å²) in [5.41, 5.74) is 3.90. The van der Waals surface area contributed by atoms with Gasteiger partial charge in [-0.3, -0.25) is 9.13 Å². The van der Waals surface area contributed by atoms with Gasteiger partial charge in [0, 0.05) is 25.2 Å². The van der Waals surface area contributed by atoms with E-state index in [-0.39, 0.29) is 12.8 Å². The zero-order chi connectivity index (χ0) is 15.5. The maximum Gasteiger partial charge on any atom is 0.369 e. The quantitative estimate of drug-likeness (QED) is 0.227. The summed E-state index contributed by atoms with van der Waals surface area (Å²) in [6.45, 7) is -1.09. The monoisotopic (exact) mass is 323 g/mol. The van der Waals surface area contributed by atoms with Crippen molar-refractivity contribution in [2.75, 3.05) is 13.2 Å². The molecule has 0 heterocycles. The van der Waals surface area contributed by atoms with Crippen LogP contribution in [0.25, 0.3) is 0 Å². The minimum absolute atomic E-state index is 0.310. The largest absolute Gasteiger partial charge is 0.396 e. The fourth-order valence-corrected chi connectivity index (χ4v) is 3.99. The smallest absolute Gasteiger partial charge is 0.369 e. The summed E-state index contributed by atoms with van der Waals surface area (Å²) in [5, 5.41) is 23.6. The SMILES string of the molecule is NC(CCO)(CCO)CC(O)(P(=O)(O)O)P(=O)(O)O. The summed E-state index contributed by atoms with van der Waals surface area (Å²) in [6, 6.07) is 0. The molecule has 0 atom stereocenters. The second-order valence-electron chi connectivity index (χ2n) is 4.35. The highest BCUT2D eigenvalue weighted by Crippen LogP contribution is 2.70. The first-order valence-corrected chi connectivity index (χ1v) is 8.40. The lowest BCUT2D eigenvalue weighted by Gasteiger charge is -2.37. The molecule has 0 aromatic heterocycles. The van der Waals surface area contributed by atoms with Crippen molar-refractivity contribution in [1.82, 2.24) is 0 Å². The molecule has 0 aliphatic carbocycles. The third-order valence-corrected chi connectivity index (χ3v) is 6.49. The maximum atomic E-state index is 11.2. The van der Waals surface area contributed by atoms with Crippen molar-refractivity contribution in [1.29, 1.82) is 0 Å². The maximum absolute atomic E-state index is 11.2. The molecule has 0 aromatic carbocycles. The summed E-state index contributed by atoms with van der Waals surface area (Å²) >= 11 is 0. The van der Waals surface area contributed by atoms with E-state index in [0.29, 0.717) is 0 Å². The van der Waals surface area contributed by atoms with Crippen LogP contribution in [0.3, 0.4) is 0 Å². The molecule has 0 aliphatic heterocycles. The van der Waals surface area contributed by atoms with Gasteiger partial charge in [-0.2, -0.15) is 0 Å². The third kappa shape index (κ3) is 4.57. The summed E-state index contributed by atoms with van der Waals surface area (Å²) in [7, 11) is -11.2. The molecule has 9 N–H and O–H groups in total. The van der Waals surface area contributed by atoms with Crippen LogP contribution in [0.2, 0.25) is 0 Å².